The van der Waals surface area contributed by atoms with Crippen molar-refractivity contribution in [3.05, 3.63) is 65.2 Å². The van der Waals surface area contributed by atoms with Crippen LogP contribution in [0.25, 0.3) is 0 Å². The number of carbonyl (C=O) groups excluding carboxylic acids is 3. The SMILES string of the molecule is CC(C)N1CC(=O)N(Cc2ccc(Cl)cc2)C2(CC(=O)N(c3ccccc3)C2)C1=O. The molecule has 1 spiro atoms. The molecule has 0 bridgehead atoms. The zero-order valence-corrected chi connectivity index (χ0v) is 17.8. The van der Waals surface area contributed by atoms with Crippen LogP contribution in [0.15, 0.2) is 54.6 Å². The summed E-state index contributed by atoms with van der Waals surface area (Å²) in [5.74, 6) is -0.479. The Labute approximate surface area is 181 Å². The molecule has 156 valence electrons. The standard InChI is InChI=1S/C23H24ClN3O3/c1-16(2)25-14-21(29)27(13-17-8-10-18(24)11-9-17)23(22(25)30)12-20(28)26(15-23)19-6-4-3-5-7-19/h3-11,16H,12-15H2,1-2H3. The van der Waals surface area contributed by atoms with Gasteiger partial charge >= 0.3 is 0 Å². The molecule has 0 aliphatic carbocycles. The predicted octanol–water partition coefficient (Wildman–Crippen LogP) is 3.09. The van der Waals surface area contributed by atoms with E-state index in [9.17, 15) is 14.4 Å². The van der Waals surface area contributed by atoms with Gasteiger partial charge in [-0.25, -0.2) is 0 Å². The van der Waals surface area contributed by atoms with Crippen molar-refractivity contribution in [3.63, 3.8) is 0 Å². The van der Waals surface area contributed by atoms with E-state index in [4.69, 9.17) is 11.6 Å². The first-order chi connectivity index (χ1) is 14.3. The van der Waals surface area contributed by atoms with Gasteiger partial charge in [-0.15, -0.1) is 0 Å². The molecule has 7 heteroatoms. The highest BCUT2D eigenvalue weighted by molar-refractivity contribution is 6.30. The molecule has 2 aromatic carbocycles. The van der Waals surface area contributed by atoms with Gasteiger partial charge in [0.05, 0.1) is 13.0 Å². The van der Waals surface area contributed by atoms with E-state index in [1.165, 1.54) is 0 Å². The molecule has 1 atom stereocenters. The second-order valence-electron chi connectivity index (χ2n) is 8.16. The summed E-state index contributed by atoms with van der Waals surface area (Å²) in [4.78, 5) is 44.7. The summed E-state index contributed by atoms with van der Waals surface area (Å²) in [5.41, 5.74) is 0.378. The Bertz CT molecular complexity index is 977. The molecule has 2 aliphatic heterocycles. The van der Waals surface area contributed by atoms with Gasteiger partial charge in [0.25, 0.3) is 5.91 Å². The molecule has 2 heterocycles. The van der Waals surface area contributed by atoms with Crippen molar-refractivity contribution in [2.45, 2.75) is 38.4 Å². The lowest BCUT2D eigenvalue weighted by molar-refractivity contribution is -0.166. The molecular formula is C23H24ClN3O3. The number of hydrogen-bond donors (Lipinski definition) is 0. The number of carbonyl (C=O) groups is 3. The van der Waals surface area contributed by atoms with Gasteiger partial charge in [0, 0.05) is 23.3 Å². The van der Waals surface area contributed by atoms with Crippen LogP contribution in [0.3, 0.4) is 0 Å². The number of amides is 3. The molecule has 2 saturated heterocycles. The minimum absolute atomic E-state index is 0.0192. The van der Waals surface area contributed by atoms with E-state index in [0.29, 0.717) is 5.02 Å². The van der Waals surface area contributed by atoms with Gasteiger partial charge in [-0.2, -0.15) is 0 Å². The third-order valence-corrected chi connectivity index (χ3v) is 6.14. The van der Waals surface area contributed by atoms with Crippen LogP contribution in [0.5, 0.6) is 0 Å². The molecule has 0 radical (unpaired) electrons. The minimum Gasteiger partial charge on any atom is -0.329 e. The van der Waals surface area contributed by atoms with Crippen molar-refractivity contribution >= 4 is 35.0 Å². The lowest BCUT2D eigenvalue weighted by atomic mass is 9.89. The fourth-order valence-electron chi connectivity index (χ4n) is 4.27. The Balaban J connectivity index is 1.74. The van der Waals surface area contributed by atoms with E-state index in [1.807, 2.05) is 56.3 Å². The number of para-hydroxylation sites is 1. The smallest absolute Gasteiger partial charge is 0.251 e. The van der Waals surface area contributed by atoms with E-state index in [0.717, 1.165) is 11.3 Å². The van der Waals surface area contributed by atoms with Gasteiger partial charge in [0.1, 0.15) is 12.1 Å². The van der Waals surface area contributed by atoms with Crippen LogP contribution in [-0.4, -0.2) is 52.2 Å². The van der Waals surface area contributed by atoms with Crippen LogP contribution in [-0.2, 0) is 20.9 Å². The van der Waals surface area contributed by atoms with Crippen LogP contribution < -0.4 is 4.90 Å². The van der Waals surface area contributed by atoms with Crippen molar-refractivity contribution in [1.82, 2.24) is 9.80 Å². The molecule has 3 amide bonds. The maximum atomic E-state index is 13.6. The van der Waals surface area contributed by atoms with Crippen molar-refractivity contribution in [2.24, 2.45) is 0 Å². The lowest BCUT2D eigenvalue weighted by Crippen LogP contribution is -2.69. The van der Waals surface area contributed by atoms with Crippen LogP contribution >= 0.6 is 11.6 Å². The van der Waals surface area contributed by atoms with Gasteiger partial charge < -0.3 is 14.7 Å². The van der Waals surface area contributed by atoms with Gasteiger partial charge in [-0.05, 0) is 43.7 Å². The normalized spacial score (nSPS) is 22.0. The van der Waals surface area contributed by atoms with Gasteiger partial charge in [0.15, 0.2) is 0 Å². The van der Waals surface area contributed by atoms with E-state index < -0.39 is 5.54 Å². The molecule has 2 aliphatic rings. The summed E-state index contributed by atoms with van der Waals surface area (Å²) < 4.78 is 0. The van der Waals surface area contributed by atoms with E-state index in [2.05, 4.69) is 0 Å². The fraction of sp³-hybridized carbons (Fsp3) is 0.348. The highest BCUT2D eigenvalue weighted by atomic mass is 35.5. The minimum atomic E-state index is -1.22. The number of rotatable bonds is 4. The highest BCUT2D eigenvalue weighted by Crippen LogP contribution is 2.38. The Kier molecular flexibility index (Phi) is 5.28. The van der Waals surface area contributed by atoms with Crippen LogP contribution in [0.4, 0.5) is 5.69 Å². The Morgan fingerprint density at radius 3 is 2.27 bits per heavy atom. The van der Waals surface area contributed by atoms with Gasteiger partial charge in [-0.3, -0.25) is 14.4 Å². The quantitative estimate of drug-likeness (QED) is 0.756. The zero-order valence-electron chi connectivity index (χ0n) is 17.0. The van der Waals surface area contributed by atoms with E-state index >= 15 is 0 Å². The average molecular weight is 426 g/mol. The molecule has 2 aromatic rings. The predicted molar refractivity (Wildman–Crippen MR) is 115 cm³/mol. The molecule has 30 heavy (non-hydrogen) atoms. The monoisotopic (exact) mass is 425 g/mol. The average Bonchev–Trinajstić information content (AvgIpc) is 3.08. The molecule has 0 aromatic heterocycles. The molecule has 6 nitrogen and oxygen atoms in total. The molecular weight excluding hydrogens is 402 g/mol. The molecule has 1 unspecified atom stereocenters. The van der Waals surface area contributed by atoms with Crippen molar-refractivity contribution < 1.29 is 14.4 Å². The molecule has 0 saturated carbocycles. The Hall–Kier alpha value is -2.86. The second-order valence-corrected chi connectivity index (χ2v) is 8.59. The second kappa shape index (κ2) is 7.76. The Morgan fingerprint density at radius 1 is 0.967 bits per heavy atom. The number of hydrogen-bond acceptors (Lipinski definition) is 3. The summed E-state index contributed by atoms with van der Waals surface area (Å²) >= 11 is 5.99. The van der Waals surface area contributed by atoms with Crippen LogP contribution in [0.1, 0.15) is 25.8 Å². The van der Waals surface area contributed by atoms with Crippen molar-refractivity contribution in [1.29, 1.82) is 0 Å². The summed E-state index contributed by atoms with van der Waals surface area (Å²) in [6.45, 7) is 4.20. The number of benzene rings is 2. The fourth-order valence-corrected chi connectivity index (χ4v) is 4.40. The van der Waals surface area contributed by atoms with Crippen LogP contribution in [0.2, 0.25) is 5.02 Å². The van der Waals surface area contributed by atoms with Crippen molar-refractivity contribution in [2.75, 3.05) is 18.0 Å². The number of nitrogens with zero attached hydrogens (tertiary/aromatic N) is 3. The zero-order chi connectivity index (χ0) is 21.5. The Morgan fingerprint density at radius 2 is 1.63 bits per heavy atom. The summed E-state index contributed by atoms with van der Waals surface area (Å²) in [5, 5.41) is 0.604. The third-order valence-electron chi connectivity index (χ3n) is 5.89. The maximum absolute atomic E-state index is 13.6. The van der Waals surface area contributed by atoms with Crippen molar-refractivity contribution in [3.8, 4) is 0 Å². The highest BCUT2D eigenvalue weighted by Gasteiger charge is 2.59. The number of piperazine rings is 1. The first kappa shape index (κ1) is 20.4. The summed E-state index contributed by atoms with van der Waals surface area (Å²) in [6, 6.07) is 16.3. The van der Waals surface area contributed by atoms with E-state index in [1.54, 1.807) is 26.8 Å². The van der Waals surface area contributed by atoms with Gasteiger partial charge in [-0.1, -0.05) is 41.9 Å². The first-order valence-corrected chi connectivity index (χ1v) is 10.4. The van der Waals surface area contributed by atoms with E-state index in [-0.39, 0.29) is 49.8 Å². The van der Waals surface area contributed by atoms with Crippen LogP contribution in [0, 0.1) is 0 Å². The maximum Gasteiger partial charge on any atom is 0.251 e. The molecule has 0 N–H and O–H groups in total. The molecule has 4 rings (SSSR count). The molecule has 2 fully saturated rings. The third kappa shape index (κ3) is 3.45. The lowest BCUT2D eigenvalue weighted by Gasteiger charge is -2.48. The number of anilines is 1. The summed E-state index contributed by atoms with van der Waals surface area (Å²) in [6.07, 6.45) is -0.0245. The topological polar surface area (TPSA) is 60.9 Å². The summed E-state index contributed by atoms with van der Waals surface area (Å²) in [7, 11) is 0. The number of halogens is 1. The first-order valence-electron chi connectivity index (χ1n) is 10.0. The largest absolute Gasteiger partial charge is 0.329 e. The van der Waals surface area contributed by atoms with Gasteiger partial charge in [0.2, 0.25) is 11.8 Å².